The monoisotopic (exact) mass is 714 g/mol. The summed E-state index contributed by atoms with van der Waals surface area (Å²) in [6, 6.07) is 5.20. The molecule has 15 nitrogen and oxygen atoms in total. The van der Waals surface area contributed by atoms with Crippen LogP contribution < -0.4 is 21.7 Å². The second-order valence-electron chi connectivity index (χ2n) is 7.96. The van der Waals surface area contributed by atoms with E-state index in [-0.39, 0.29) is 44.7 Å². The molecule has 4 aromatic heterocycles. The average molecular weight is 714 g/mol. The summed E-state index contributed by atoms with van der Waals surface area (Å²) in [4.78, 5) is 35.7. The van der Waals surface area contributed by atoms with Crippen LogP contribution in [-0.2, 0) is 68.8 Å². The Kier molecular flexibility index (Phi) is 21.0. The van der Waals surface area contributed by atoms with E-state index >= 15 is 0 Å². The zero-order valence-corrected chi connectivity index (χ0v) is 27.6. The van der Waals surface area contributed by atoms with Crippen LogP contribution >= 0.6 is 0 Å². The molecule has 0 fully saturated rings. The quantitative estimate of drug-likeness (QED) is 0.210. The van der Waals surface area contributed by atoms with E-state index in [1.807, 2.05) is 27.7 Å². The van der Waals surface area contributed by atoms with Crippen LogP contribution in [0.4, 0.5) is 0 Å². The molecule has 0 unspecified atom stereocenters. The van der Waals surface area contributed by atoms with Gasteiger partial charge in [0, 0.05) is 25.7 Å². The molecule has 0 radical (unpaired) electrons. The second kappa shape index (κ2) is 23.2. The van der Waals surface area contributed by atoms with Gasteiger partial charge in [-0.05, 0) is 0 Å². The Bertz CT molecular complexity index is 1460. The minimum atomic E-state index is -1.30. The summed E-state index contributed by atoms with van der Waals surface area (Å²) in [5.41, 5.74) is -0.544. The second-order valence-corrected chi connectivity index (χ2v) is 9.73. The summed E-state index contributed by atoms with van der Waals surface area (Å²) in [6.07, 6.45) is 7.64. The van der Waals surface area contributed by atoms with E-state index in [0.717, 1.165) is 0 Å². The summed E-state index contributed by atoms with van der Waals surface area (Å²) in [5, 5.41) is 36.2. The van der Waals surface area contributed by atoms with E-state index in [2.05, 4.69) is 2.59 Å². The van der Waals surface area contributed by atoms with Crippen LogP contribution in [0, 0.1) is 0 Å². The van der Waals surface area contributed by atoms with Crippen LogP contribution in [0.15, 0.2) is 67.0 Å². The molecule has 4 heterocycles. The summed E-state index contributed by atoms with van der Waals surface area (Å²) in [7, 11) is 0. The van der Waals surface area contributed by atoms with Crippen molar-refractivity contribution in [3.63, 3.8) is 0 Å². The van der Waals surface area contributed by atoms with E-state index in [1.54, 1.807) is 0 Å². The molecule has 0 saturated carbocycles. The van der Waals surface area contributed by atoms with Crippen LogP contribution in [0.2, 0.25) is 0 Å². The van der Waals surface area contributed by atoms with Crippen molar-refractivity contribution >= 4 is 0 Å². The molecule has 0 saturated heterocycles. The predicted octanol–water partition coefficient (Wildman–Crippen LogP) is 1.90. The third-order valence-corrected chi connectivity index (χ3v) is 6.19. The Balaban J connectivity index is 0.000000547. The van der Waals surface area contributed by atoms with Gasteiger partial charge in [0.1, 0.15) is 25.1 Å². The molecule has 0 atom stereocenters. The number of rotatable bonds is 6. The van der Waals surface area contributed by atoms with Crippen LogP contribution in [0.5, 0.6) is 23.0 Å². The normalized spacial score (nSPS) is 9.33. The fourth-order valence-electron chi connectivity index (χ4n) is 2.85. The standard InChI is InChI=1S/4C7H8O3.3O.2V/c4*1-2-6-7(9)5(8)3-4-10-6;;;;;/h4*3-4,9H,2H2,1H3;;;;;/p+4. The molecule has 4 aromatic rings. The van der Waals surface area contributed by atoms with Crippen LogP contribution in [0.1, 0.15) is 50.7 Å². The van der Waals surface area contributed by atoms with Crippen LogP contribution in [0.3, 0.4) is 0 Å². The predicted molar refractivity (Wildman–Crippen MR) is 142 cm³/mol. The molecule has 0 aliphatic carbocycles. The van der Waals surface area contributed by atoms with Gasteiger partial charge in [-0.15, -0.1) is 0 Å². The van der Waals surface area contributed by atoms with Gasteiger partial charge in [-0.2, -0.15) is 0 Å². The van der Waals surface area contributed by atoms with Gasteiger partial charge in [-0.3, -0.25) is 19.2 Å². The molecular weight excluding hydrogens is 678 g/mol. The van der Waals surface area contributed by atoms with Crippen LogP contribution in [0.25, 0.3) is 0 Å². The SMILES string of the molecule is CCc1occc(=[OH+])c1O.CCc1occc(=[OH+])c1O.CCc1occc(=[OH+])c1O.CCc1occc(=[OH+])c1O.[O]=[V][O][V]=[O]. The topological polar surface area (TPSA) is 262 Å². The van der Waals surface area contributed by atoms with Crippen molar-refractivity contribution in [1.29, 1.82) is 0 Å². The zero-order chi connectivity index (χ0) is 34.4. The van der Waals surface area contributed by atoms with Gasteiger partial charge in [0.25, 0.3) is 23.0 Å². The summed E-state index contributed by atoms with van der Waals surface area (Å²) < 4.78 is 41.9. The maximum atomic E-state index is 9.22. The minimum absolute atomic E-state index is 0.136. The number of aryl methyl sites for hydroxylation is 4. The Hall–Kier alpha value is -4.27. The van der Waals surface area contributed by atoms with Gasteiger partial charge in [0.15, 0.2) is 23.0 Å². The molecule has 0 amide bonds. The molecule has 244 valence electrons. The van der Waals surface area contributed by atoms with E-state index < -0.39 is 33.2 Å². The Morgan fingerprint density at radius 3 is 0.822 bits per heavy atom. The summed E-state index contributed by atoms with van der Waals surface area (Å²) in [5.74, 6) is 0.963. The van der Waals surface area contributed by atoms with Crippen LogP contribution in [-0.4, -0.2) is 39.6 Å². The average Bonchev–Trinajstić information content (AvgIpc) is 3.04. The van der Waals surface area contributed by atoms with Gasteiger partial charge < -0.3 is 38.1 Å². The molecule has 45 heavy (non-hydrogen) atoms. The maximum absolute atomic E-state index is 9.22. The molecule has 0 spiro atoms. The first-order valence-corrected chi connectivity index (χ1v) is 15.3. The molecule has 0 bridgehead atoms. The summed E-state index contributed by atoms with van der Waals surface area (Å²) >= 11 is -2.61. The molecular formula is C28H36O15V2+4. The number of hydrogen-bond donors (Lipinski definition) is 4. The van der Waals surface area contributed by atoms with Gasteiger partial charge in [0.05, 0.1) is 24.3 Å². The first-order chi connectivity index (χ1) is 21.4. The van der Waals surface area contributed by atoms with Gasteiger partial charge >= 0.3 is 64.8 Å². The Morgan fingerprint density at radius 1 is 0.511 bits per heavy atom. The summed E-state index contributed by atoms with van der Waals surface area (Å²) in [6.45, 7) is 7.33. The Morgan fingerprint density at radius 2 is 0.711 bits per heavy atom. The van der Waals surface area contributed by atoms with E-state index in [9.17, 15) is 7.35 Å². The fraction of sp³-hybridized carbons (Fsp3) is 0.286. The van der Waals surface area contributed by atoms with E-state index in [1.165, 1.54) is 49.3 Å². The zero-order valence-electron chi connectivity index (χ0n) is 24.8. The van der Waals surface area contributed by atoms with Gasteiger partial charge in [-0.1, -0.05) is 27.7 Å². The molecule has 17 heteroatoms. The third kappa shape index (κ3) is 14.8. The number of aromatic hydroxyl groups is 4. The molecule has 0 aliphatic rings. The first-order valence-electron chi connectivity index (χ1n) is 13.0. The molecule has 8 N–H and O–H groups in total. The van der Waals surface area contributed by atoms with E-state index in [4.69, 9.17) is 57.3 Å². The van der Waals surface area contributed by atoms with Gasteiger partial charge in [0.2, 0.25) is 0 Å². The Labute approximate surface area is 270 Å². The molecule has 0 aromatic carbocycles. The van der Waals surface area contributed by atoms with Crippen molar-refractivity contribution < 1.29 is 100 Å². The van der Waals surface area contributed by atoms with Gasteiger partial charge in [-0.25, -0.2) is 0 Å². The fourth-order valence-corrected chi connectivity index (χ4v) is 3.07. The van der Waals surface area contributed by atoms with Crippen molar-refractivity contribution in [3.05, 3.63) is 94.1 Å². The molecule has 4 rings (SSSR count). The van der Waals surface area contributed by atoms with E-state index in [0.29, 0.717) is 48.7 Å². The van der Waals surface area contributed by atoms with Crippen molar-refractivity contribution in [2.45, 2.75) is 53.4 Å². The molecule has 0 aliphatic heterocycles. The van der Waals surface area contributed by atoms with Crippen molar-refractivity contribution in [2.24, 2.45) is 0 Å². The van der Waals surface area contributed by atoms with Crippen molar-refractivity contribution in [3.8, 4) is 23.0 Å². The van der Waals surface area contributed by atoms with Crippen molar-refractivity contribution in [2.75, 3.05) is 0 Å². The third-order valence-electron chi connectivity index (χ3n) is 5.12. The van der Waals surface area contributed by atoms with Crippen molar-refractivity contribution in [1.82, 2.24) is 0 Å². The number of hydrogen-bond acceptors (Lipinski definition) is 11. The first kappa shape index (κ1) is 40.7.